The normalized spacial score (nSPS) is 13.8. The van der Waals surface area contributed by atoms with Crippen molar-refractivity contribution >= 4 is 12.0 Å². The maximum Gasteiger partial charge on any atom is 0.405 e. The summed E-state index contributed by atoms with van der Waals surface area (Å²) in [5.41, 5.74) is 1.01. The maximum atomic E-state index is 12.0. The summed E-state index contributed by atoms with van der Waals surface area (Å²) in [6.07, 6.45) is -0.579. The molecule has 1 aromatic rings. The molecule has 3 N–H and O–H groups in total. The van der Waals surface area contributed by atoms with E-state index in [1.807, 2.05) is 18.2 Å². The quantitative estimate of drug-likeness (QED) is 0.737. The minimum Gasteiger partial charge on any atom is -0.465 e. The molecule has 0 aliphatic carbocycles. The number of hydrogen-bond donors (Lipinski definition) is 3. The fourth-order valence-electron chi connectivity index (χ4n) is 2.20. The van der Waals surface area contributed by atoms with Crippen molar-refractivity contribution in [3.05, 3.63) is 23.8 Å². The van der Waals surface area contributed by atoms with Gasteiger partial charge in [0.15, 0.2) is 11.5 Å². The van der Waals surface area contributed by atoms with E-state index < -0.39 is 12.1 Å². The van der Waals surface area contributed by atoms with Crippen LogP contribution in [0.5, 0.6) is 11.5 Å². The fraction of sp³-hybridized carbons (Fsp3) is 0.467. The number of nitrogens with one attached hydrogen (secondary N) is 2. The Labute approximate surface area is 128 Å². The highest BCUT2D eigenvalue weighted by molar-refractivity contribution is 5.85. The molecule has 0 fully saturated rings. The van der Waals surface area contributed by atoms with Crippen molar-refractivity contribution < 1.29 is 24.2 Å². The van der Waals surface area contributed by atoms with Crippen LogP contribution in [0.25, 0.3) is 0 Å². The molecule has 0 radical (unpaired) electrons. The first-order chi connectivity index (χ1) is 10.5. The predicted octanol–water partition coefficient (Wildman–Crippen LogP) is 1.37. The van der Waals surface area contributed by atoms with E-state index in [9.17, 15) is 9.59 Å². The zero-order chi connectivity index (χ0) is 16.1. The topological polar surface area (TPSA) is 96.9 Å². The van der Waals surface area contributed by atoms with Crippen molar-refractivity contribution in [1.29, 1.82) is 0 Å². The number of ether oxygens (including phenoxy) is 2. The third kappa shape index (κ3) is 4.03. The van der Waals surface area contributed by atoms with Crippen LogP contribution in [-0.2, 0) is 11.2 Å². The Morgan fingerprint density at radius 3 is 2.68 bits per heavy atom. The Morgan fingerprint density at radius 2 is 2.00 bits per heavy atom. The number of carbonyl (C=O) groups excluding carboxylic acids is 1. The summed E-state index contributed by atoms with van der Waals surface area (Å²) < 4.78 is 10.5. The zero-order valence-electron chi connectivity index (χ0n) is 12.6. The summed E-state index contributed by atoms with van der Waals surface area (Å²) in [5.74, 6) is 0.981. The van der Waals surface area contributed by atoms with Gasteiger partial charge in [-0.2, -0.15) is 0 Å². The Morgan fingerprint density at radius 1 is 1.27 bits per heavy atom. The van der Waals surface area contributed by atoms with Crippen molar-refractivity contribution in [2.24, 2.45) is 5.92 Å². The average molecular weight is 308 g/mol. The van der Waals surface area contributed by atoms with E-state index in [1.54, 1.807) is 13.8 Å². The smallest absolute Gasteiger partial charge is 0.405 e. The Kier molecular flexibility index (Phi) is 5.08. The predicted molar refractivity (Wildman–Crippen MR) is 79.1 cm³/mol. The van der Waals surface area contributed by atoms with E-state index in [-0.39, 0.29) is 18.6 Å². The molecule has 1 heterocycles. The monoisotopic (exact) mass is 308 g/mol. The van der Waals surface area contributed by atoms with E-state index >= 15 is 0 Å². The molecule has 2 amide bonds. The second kappa shape index (κ2) is 7.02. The molecule has 1 aliphatic heterocycles. The van der Waals surface area contributed by atoms with Crippen LogP contribution >= 0.6 is 0 Å². The van der Waals surface area contributed by atoms with Crippen molar-refractivity contribution in [3.63, 3.8) is 0 Å². The molecule has 0 saturated carbocycles. The minimum absolute atomic E-state index is 0.123. The molecular weight excluding hydrogens is 288 g/mol. The number of hydrogen-bond acceptors (Lipinski definition) is 4. The first-order valence-corrected chi connectivity index (χ1v) is 7.13. The SMILES string of the molecule is CC(C)C(NC(=O)O)C(=O)NCCc1ccc2c(c1)OCO2. The molecule has 1 unspecified atom stereocenters. The van der Waals surface area contributed by atoms with Crippen LogP contribution < -0.4 is 20.1 Å². The third-order valence-corrected chi connectivity index (χ3v) is 3.38. The summed E-state index contributed by atoms with van der Waals surface area (Å²) in [6.45, 7) is 4.23. The first kappa shape index (κ1) is 15.9. The summed E-state index contributed by atoms with van der Waals surface area (Å²) in [6, 6.07) is 4.87. The number of carbonyl (C=O) groups is 2. The van der Waals surface area contributed by atoms with Crippen LogP contribution in [0.1, 0.15) is 19.4 Å². The fourth-order valence-corrected chi connectivity index (χ4v) is 2.20. The molecule has 0 bridgehead atoms. The van der Waals surface area contributed by atoms with Crippen LogP contribution in [0.15, 0.2) is 18.2 Å². The number of amides is 2. The molecule has 7 nitrogen and oxygen atoms in total. The number of carboxylic acid groups (broad SMARTS) is 1. The number of fused-ring (bicyclic) bond motifs is 1. The lowest BCUT2D eigenvalue weighted by molar-refractivity contribution is -0.123. The van der Waals surface area contributed by atoms with Gasteiger partial charge in [0.25, 0.3) is 0 Å². The van der Waals surface area contributed by atoms with Gasteiger partial charge in [-0.05, 0) is 30.0 Å². The molecule has 0 aromatic heterocycles. The van der Waals surface area contributed by atoms with Crippen LogP contribution in [0.3, 0.4) is 0 Å². The van der Waals surface area contributed by atoms with Crippen LogP contribution in [0, 0.1) is 5.92 Å². The van der Waals surface area contributed by atoms with Crippen LogP contribution in [0.2, 0.25) is 0 Å². The molecule has 1 aromatic carbocycles. The molecule has 0 saturated heterocycles. The average Bonchev–Trinajstić information content (AvgIpc) is 2.91. The second-order valence-electron chi connectivity index (χ2n) is 5.40. The molecule has 22 heavy (non-hydrogen) atoms. The lowest BCUT2D eigenvalue weighted by Gasteiger charge is -2.20. The van der Waals surface area contributed by atoms with Gasteiger partial charge in [-0.1, -0.05) is 19.9 Å². The summed E-state index contributed by atoms with van der Waals surface area (Å²) in [5, 5.41) is 13.7. The number of benzene rings is 1. The van der Waals surface area contributed by atoms with Gasteiger partial charge in [0.2, 0.25) is 12.7 Å². The molecule has 7 heteroatoms. The largest absolute Gasteiger partial charge is 0.465 e. The van der Waals surface area contributed by atoms with Gasteiger partial charge in [0.1, 0.15) is 6.04 Å². The van der Waals surface area contributed by atoms with Gasteiger partial charge in [-0.15, -0.1) is 0 Å². The zero-order valence-corrected chi connectivity index (χ0v) is 12.6. The van der Waals surface area contributed by atoms with Crippen molar-refractivity contribution in [3.8, 4) is 11.5 Å². The van der Waals surface area contributed by atoms with E-state index in [1.165, 1.54) is 0 Å². The van der Waals surface area contributed by atoms with Gasteiger partial charge in [0.05, 0.1) is 0 Å². The highest BCUT2D eigenvalue weighted by Gasteiger charge is 2.23. The highest BCUT2D eigenvalue weighted by atomic mass is 16.7. The molecule has 1 aliphatic rings. The lowest BCUT2D eigenvalue weighted by Crippen LogP contribution is -2.49. The summed E-state index contributed by atoms with van der Waals surface area (Å²) >= 11 is 0. The third-order valence-electron chi connectivity index (χ3n) is 3.38. The van der Waals surface area contributed by atoms with Crippen LogP contribution in [-0.4, -0.2) is 36.5 Å². The van der Waals surface area contributed by atoms with Gasteiger partial charge >= 0.3 is 6.09 Å². The summed E-state index contributed by atoms with van der Waals surface area (Å²) in [7, 11) is 0. The summed E-state index contributed by atoms with van der Waals surface area (Å²) in [4.78, 5) is 22.7. The second-order valence-corrected chi connectivity index (χ2v) is 5.40. The van der Waals surface area contributed by atoms with Gasteiger partial charge < -0.3 is 25.2 Å². The van der Waals surface area contributed by atoms with Gasteiger partial charge in [-0.3, -0.25) is 4.79 Å². The Balaban J connectivity index is 1.84. The van der Waals surface area contributed by atoms with E-state index in [2.05, 4.69) is 10.6 Å². The molecule has 120 valence electrons. The van der Waals surface area contributed by atoms with Crippen molar-refractivity contribution in [1.82, 2.24) is 10.6 Å². The lowest BCUT2D eigenvalue weighted by atomic mass is 10.0. The first-order valence-electron chi connectivity index (χ1n) is 7.13. The van der Waals surface area contributed by atoms with Crippen molar-refractivity contribution in [2.75, 3.05) is 13.3 Å². The van der Waals surface area contributed by atoms with Gasteiger partial charge in [0, 0.05) is 6.54 Å². The molecular formula is C15H20N2O5. The minimum atomic E-state index is -1.20. The van der Waals surface area contributed by atoms with E-state index in [0.717, 1.165) is 11.3 Å². The highest BCUT2D eigenvalue weighted by Crippen LogP contribution is 2.32. The Bertz CT molecular complexity index is 559. The Hall–Kier alpha value is -2.44. The van der Waals surface area contributed by atoms with Crippen molar-refractivity contribution in [2.45, 2.75) is 26.3 Å². The molecule has 2 rings (SSSR count). The van der Waals surface area contributed by atoms with Crippen LogP contribution in [0.4, 0.5) is 4.79 Å². The van der Waals surface area contributed by atoms with Gasteiger partial charge in [-0.25, -0.2) is 4.79 Å². The maximum absolute atomic E-state index is 12.0. The van der Waals surface area contributed by atoms with E-state index in [4.69, 9.17) is 14.6 Å². The van der Waals surface area contributed by atoms with E-state index in [0.29, 0.717) is 18.7 Å². The number of rotatable bonds is 6. The molecule has 1 atom stereocenters. The standard InChI is InChI=1S/C15H20N2O5/c1-9(2)13(17-15(19)20)14(18)16-6-5-10-3-4-11-12(7-10)22-8-21-11/h3-4,7,9,13,17H,5-6,8H2,1-2H3,(H,16,18)(H,19,20). The molecule has 0 spiro atoms.